The lowest BCUT2D eigenvalue weighted by Gasteiger charge is -2.05. The molecule has 0 aliphatic carbocycles. The molecule has 0 aliphatic rings. The van der Waals surface area contributed by atoms with Gasteiger partial charge < -0.3 is 10.1 Å². The Morgan fingerprint density at radius 1 is 1.40 bits per heavy atom. The molecule has 0 spiro atoms. The smallest absolute Gasteiger partial charge is 0.0732 e. The second-order valence-electron chi connectivity index (χ2n) is 3.31. The van der Waals surface area contributed by atoms with E-state index in [1.807, 2.05) is 12.3 Å². The van der Waals surface area contributed by atoms with Gasteiger partial charge >= 0.3 is 0 Å². The normalized spacial score (nSPS) is 10.5. The Hall–Kier alpha value is -0.450. The molecule has 0 unspecified atom stereocenters. The molecule has 3 nitrogen and oxygen atoms in total. The standard InChI is InChI=1S/C11H17BrN2O/c1-2-3-13-4-5-15-9-10-6-11(12)8-14-7-10/h6-8,13H,2-5,9H2,1H3. The number of rotatable bonds is 7. The zero-order valence-electron chi connectivity index (χ0n) is 9.00. The summed E-state index contributed by atoms with van der Waals surface area (Å²) < 4.78 is 6.49. The Kier molecular flexibility index (Phi) is 6.55. The molecule has 0 saturated carbocycles. The lowest BCUT2D eigenvalue weighted by molar-refractivity contribution is 0.122. The number of halogens is 1. The molecule has 0 amide bonds. The lowest BCUT2D eigenvalue weighted by atomic mass is 10.3. The number of nitrogens with zero attached hydrogens (tertiary/aromatic N) is 1. The van der Waals surface area contributed by atoms with Crippen LogP contribution in [0.3, 0.4) is 0 Å². The van der Waals surface area contributed by atoms with Gasteiger partial charge in [-0.25, -0.2) is 0 Å². The molecule has 1 heterocycles. The summed E-state index contributed by atoms with van der Waals surface area (Å²) in [7, 11) is 0. The highest BCUT2D eigenvalue weighted by Crippen LogP contribution is 2.09. The van der Waals surface area contributed by atoms with Crippen molar-refractivity contribution in [1.82, 2.24) is 10.3 Å². The first-order valence-corrected chi connectivity index (χ1v) is 6.00. The van der Waals surface area contributed by atoms with Crippen LogP contribution in [-0.4, -0.2) is 24.7 Å². The first-order valence-electron chi connectivity index (χ1n) is 5.21. The number of pyridine rings is 1. The van der Waals surface area contributed by atoms with E-state index in [0.29, 0.717) is 6.61 Å². The van der Waals surface area contributed by atoms with E-state index in [9.17, 15) is 0 Å². The van der Waals surface area contributed by atoms with Crippen LogP contribution in [0.25, 0.3) is 0 Å². The minimum absolute atomic E-state index is 0.625. The Labute approximate surface area is 99.4 Å². The Bertz CT molecular complexity index is 281. The van der Waals surface area contributed by atoms with Gasteiger partial charge in [0.2, 0.25) is 0 Å². The van der Waals surface area contributed by atoms with E-state index in [1.165, 1.54) is 0 Å². The first-order chi connectivity index (χ1) is 7.33. The molecule has 0 saturated heterocycles. The molecule has 4 heteroatoms. The van der Waals surface area contributed by atoms with Crippen LogP contribution < -0.4 is 5.32 Å². The summed E-state index contributed by atoms with van der Waals surface area (Å²) >= 11 is 3.37. The number of aromatic nitrogens is 1. The maximum absolute atomic E-state index is 5.50. The van der Waals surface area contributed by atoms with Gasteiger partial charge in [-0.2, -0.15) is 0 Å². The van der Waals surface area contributed by atoms with Gasteiger partial charge in [0.15, 0.2) is 0 Å². The Balaban J connectivity index is 2.10. The van der Waals surface area contributed by atoms with E-state index in [-0.39, 0.29) is 0 Å². The van der Waals surface area contributed by atoms with E-state index in [1.54, 1.807) is 6.20 Å². The topological polar surface area (TPSA) is 34.1 Å². The second-order valence-corrected chi connectivity index (χ2v) is 4.23. The molecular weight excluding hydrogens is 256 g/mol. The van der Waals surface area contributed by atoms with Crippen LogP contribution >= 0.6 is 15.9 Å². The Morgan fingerprint density at radius 2 is 2.27 bits per heavy atom. The van der Waals surface area contributed by atoms with Crippen LogP contribution in [0.2, 0.25) is 0 Å². The van der Waals surface area contributed by atoms with Crippen molar-refractivity contribution in [2.24, 2.45) is 0 Å². The van der Waals surface area contributed by atoms with Crippen molar-refractivity contribution in [3.05, 3.63) is 28.5 Å². The van der Waals surface area contributed by atoms with E-state index in [2.05, 4.69) is 33.2 Å². The van der Waals surface area contributed by atoms with Gasteiger partial charge in [-0.1, -0.05) is 6.92 Å². The van der Waals surface area contributed by atoms with Crippen LogP contribution in [0.1, 0.15) is 18.9 Å². The summed E-state index contributed by atoms with van der Waals surface area (Å²) in [6.07, 6.45) is 4.76. The van der Waals surface area contributed by atoms with Crippen molar-refractivity contribution in [2.75, 3.05) is 19.7 Å². The monoisotopic (exact) mass is 272 g/mol. The molecule has 0 radical (unpaired) electrons. The molecule has 0 bridgehead atoms. The molecule has 1 aromatic heterocycles. The summed E-state index contributed by atoms with van der Waals surface area (Å²) in [5, 5.41) is 3.28. The molecule has 15 heavy (non-hydrogen) atoms. The van der Waals surface area contributed by atoms with Gasteiger partial charge in [0, 0.05) is 23.4 Å². The fourth-order valence-electron chi connectivity index (χ4n) is 1.17. The quantitative estimate of drug-likeness (QED) is 0.774. The zero-order chi connectivity index (χ0) is 10.9. The highest BCUT2D eigenvalue weighted by molar-refractivity contribution is 9.10. The molecule has 0 aliphatic heterocycles. The molecular formula is C11H17BrN2O. The van der Waals surface area contributed by atoms with Gasteiger partial charge in [0.05, 0.1) is 13.2 Å². The largest absolute Gasteiger partial charge is 0.375 e. The minimum atomic E-state index is 0.625. The van der Waals surface area contributed by atoms with Crippen LogP contribution in [0.15, 0.2) is 22.9 Å². The second kappa shape index (κ2) is 7.79. The van der Waals surface area contributed by atoms with Crippen molar-refractivity contribution in [3.63, 3.8) is 0 Å². The van der Waals surface area contributed by atoms with Crippen molar-refractivity contribution in [1.29, 1.82) is 0 Å². The van der Waals surface area contributed by atoms with Gasteiger partial charge in [-0.05, 0) is 40.5 Å². The molecule has 0 atom stereocenters. The van der Waals surface area contributed by atoms with E-state index in [4.69, 9.17) is 4.74 Å². The molecule has 1 N–H and O–H groups in total. The summed E-state index contributed by atoms with van der Waals surface area (Å²) in [5.74, 6) is 0. The lowest BCUT2D eigenvalue weighted by Crippen LogP contribution is -2.20. The summed E-state index contributed by atoms with van der Waals surface area (Å²) in [4.78, 5) is 4.07. The van der Waals surface area contributed by atoms with Crippen molar-refractivity contribution in [3.8, 4) is 0 Å². The van der Waals surface area contributed by atoms with Gasteiger partial charge in [0.1, 0.15) is 0 Å². The highest BCUT2D eigenvalue weighted by atomic mass is 79.9. The summed E-state index contributed by atoms with van der Waals surface area (Å²) in [6, 6.07) is 2.02. The van der Waals surface area contributed by atoms with E-state index >= 15 is 0 Å². The van der Waals surface area contributed by atoms with Crippen LogP contribution in [-0.2, 0) is 11.3 Å². The molecule has 0 fully saturated rings. The number of hydrogen-bond donors (Lipinski definition) is 1. The van der Waals surface area contributed by atoms with E-state index < -0.39 is 0 Å². The predicted molar refractivity (Wildman–Crippen MR) is 64.8 cm³/mol. The fourth-order valence-corrected chi connectivity index (χ4v) is 1.58. The van der Waals surface area contributed by atoms with Crippen molar-refractivity contribution in [2.45, 2.75) is 20.0 Å². The average Bonchev–Trinajstić information content (AvgIpc) is 2.23. The van der Waals surface area contributed by atoms with Crippen LogP contribution in [0, 0.1) is 0 Å². The Morgan fingerprint density at radius 3 is 3.00 bits per heavy atom. The summed E-state index contributed by atoms with van der Waals surface area (Å²) in [5.41, 5.74) is 1.10. The van der Waals surface area contributed by atoms with E-state index in [0.717, 1.165) is 36.2 Å². The molecule has 84 valence electrons. The molecule has 0 aromatic carbocycles. The maximum Gasteiger partial charge on any atom is 0.0732 e. The SMILES string of the molecule is CCCNCCOCc1cncc(Br)c1. The summed E-state index contributed by atoms with van der Waals surface area (Å²) in [6.45, 7) is 5.49. The highest BCUT2D eigenvalue weighted by Gasteiger charge is 1.94. The van der Waals surface area contributed by atoms with Gasteiger partial charge in [-0.3, -0.25) is 4.98 Å². The fraction of sp³-hybridized carbons (Fsp3) is 0.545. The first kappa shape index (κ1) is 12.6. The molecule has 1 rings (SSSR count). The third-order valence-corrected chi connectivity index (χ3v) is 2.31. The third kappa shape index (κ3) is 5.87. The average molecular weight is 273 g/mol. The number of ether oxygens (including phenoxy) is 1. The van der Waals surface area contributed by atoms with Crippen molar-refractivity contribution >= 4 is 15.9 Å². The zero-order valence-corrected chi connectivity index (χ0v) is 10.6. The third-order valence-electron chi connectivity index (χ3n) is 1.88. The van der Waals surface area contributed by atoms with Crippen molar-refractivity contribution < 1.29 is 4.74 Å². The van der Waals surface area contributed by atoms with Crippen LogP contribution in [0.4, 0.5) is 0 Å². The minimum Gasteiger partial charge on any atom is -0.375 e. The van der Waals surface area contributed by atoms with Gasteiger partial charge in [0.25, 0.3) is 0 Å². The predicted octanol–water partition coefficient (Wildman–Crippen LogP) is 2.36. The molecule has 1 aromatic rings. The maximum atomic E-state index is 5.50. The number of hydrogen-bond acceptors (Lipinski definition) is 3. The van der Waals surface area contributed by atoms with Gasteiger partial charge in [-0.15, -0.1) is 0 Å². The van der Waals surface area contributed by atoms with Crippen LogP contribution in [0.5, 0.6) is 0 Å². The number of nitrogens with one attached hydrogen (secondary N) is 1.